The molecule has 0 saturated heterocycles. The number of rotatable bonds is 8. The lowest BCUT2D eigenvalue weighted by Crippen LogP contribution is -2.35. The first-order valence-electron chi connectivity index (χ1n) is 11.6. The Bertz CT molecular complexity index is 1210. The van der Waals surface area contributed by atoms with Crippen molar-refractivity contribution >= 4 is 11.7 Å². The van der Waals surface area contributed by atoms with Gasteiger partial charge in [-0.1, -0.05) is 67.1 Å². The molecule has 2 atom stereocenters. The van der Waals surface area contributed by atoms with Gasteiger partial charge in [0.2, 0.25) is 5.91 Å². The van der Waals surface area contributed by atoms with E-state index in [9.17, 15) is 4.79 Å². The Morgan fingerprint density at radius 1 is 0.941 bits per heavy atom. The maximum atomic E-state index is 13.3. The molecule has 6 nitrogen and oxygen atoms in total. The van der Waals surface area contributed by atoms with E-state index in [0.717, 1.165) is 28.1 Å². The molecule has 0 saturated carbocycles. The van der Waals surface area contributed by atoms with Crippen molar-refractivity contribution in [1.82, 2.24) is 20.5 Å². The van der Waals surface area contributed by atoms with Gasteiger partial charge in [-0.05, 0) is 49.9 Å². The predicted octanol–water partition coefficient (Wildman–Crippen LogP) is 5.47. The number of carbonyl (C=O) groups excluding carboxylic acids is 1. The maximum absolute atomic E-state index is 13.3. The Morgan fingerprint density at radius 3 is 2.29 bits per heavy atom. The average Bonchev–Trinajstić information content (AvgIpc) is 3.18. The fraction of sp³-hybridized carbons (Fsp3) is 0.250. The molecule has 2 aromatic heterocycles. The number of aromatic nitrogens is 3. The number of nitrogens with zero attached hydrogens (tertiary/aromatic N) is 2. The number of carbonyl (C=O) groups is 1. The zero-order valence-electron chi connectivity index (χ0n) is 20.1. The van der Waals surface area contributed by atoms with Crippen LogP contribution in [0.15, 0.2) is 72.9 Å². The van der Waals surface area contributed by atoms with Crippen LogP contribution in [0.1, 0.15) is 47.0 Å². The highest BCUT2D eigenvalue weighted by atomic mass is 16.2. The molecule has 0 spiro atoms. The first-order chi connectivity index (χ1) is 16.4. The zero-order valence-corrected chi connectivity index (χ0v) is 20.1. The molecular weight excluding hydrogens is 422 g/mol. The molecule has 3 N–H and O–H groups in total. The number of H-pyrrole nitrogens is 1. The number of amides is 1. The normalized spacial score (nSPS) is 12.8. The number of pyridine rings is 1. The van der Waals surface area contributed by atoms with Crippen LogP contribution in [0.25, 0.3) is 11.1 Å². The fourth-order valence-corrected chi connectivity index (χ4v) is 4.11. The Balaban J connectivity index is 1.48. The molecule has 4 rings (SSSR count). The molecule has 0 fully saturated rings. The summed E-state index contributed by atoms with van der Waals surface area (Å²) in [6.07, 6.45) is 1.77. The molecular formula is C28H31N5O. The Hall–Kier alpha value is -3.77. The van der Waals surface area contributed by atoms with E-state index in [2.05, 4.69) is 63.9 Å². The van der Waals surface area contributed by atoms with Gasteiger partial charge in [-0.15, -0.1) is 0 Å². The number of benzene rings is 2. The van der Waals surface area contributed by atoms with Crippen molar-refractivity contribution in [2.24, 2.45) is 0 Å². The highest BCUT2D eigenvalue weighted by molar-refractivity contribution is 5.95. The van der Waals surface area contributed by atoms with E-state index in [-0.39, 0.29) is 11.8 Å². The molecule has 174 valence electrons. The third-order valence-corrected chi connectivity index (χ3v) is 6.10. The van der Waals surface area contributed by atoms with Crippen molar-refractivity contribution < 1.29 is 4.79 Å². The summed E-state index contributed by atoms with van der Waals surface area (Å²) in [6.45, 7) is 8.86. The van der Waals surface area contributed by atoms with Crippen LogP contribution < -0.4 is 10.6 Å². The molecule has 0 radical (unpaired) electrons. The first-order valence-corrected chi connectivity index (χ1v) is 11.6. The molecule has 2 heterocycles. The van der Waals surface area contributed by atoms with Gasteiger partial charge >= 0.3 is 0 Å². The van der Waals surface area contributed by atoms with Gasteiger partial charge in [0.05, 0.1) is 5.69 Å². The van der Waals surface area contributed by atoms with Gasteiger partial charge in [0.25, 0.3) is 0 Å². The second-order valence-electron chi connectivity index (χ2n) is 8.79. The molecule has 0 unspecified atom stereocenters. The average molecular weight is 454 g/mol. The summed E-state index contributed by atoms with van der Waals surface area (Å²) in [5.74, 6) is 0.638. The quantitative estimate of drug-likeness (QED) is 0.330. The van der Waals surface area contributed by atoms with E-state index < -0.39 is 6.04 Å². The van der Waals surface area contributed by atoms with E-state index in [1.54, 1.807) is 6.20 Å². The minimum Gasteiger partial charge on any atom is -0.309 e. The molecule has 0 aliphatic carbocycles. The SMILES string of the molecule is Cc1ccc([C@H](C)CN[C@H](C(=O)Nc2ccc(-c3c(C)n[nH]c3C)cn2)c2ccccc2)cc1. The zero-order chi connectivity index (χ0) is 24.1. The summed E-state index contributed by atoms with van der Waals surface area (Å²) in [6, 6.07) is 21.6. The van der Waals surface area contributed by atoms with Crippen LogP contribution in [0.3, 0.4) is 0 Å². The highest BCUT2D eigenvalue weighted by Crippen LogP contribution is 2.25. The lowest BCUT2D eigenvalue weighted by Gasteiger charge is -2.21. The summed E-state index contributed by atoms with van der Waals surface area (Å²) in [7, 11) is 0. The van der Waals surface area contributed by atoms with Crippen molar-refractivity contribution in [3.05, 3.63) is 101 Å². The monoisotopic (exact) mass is 453 g/mol. The van der Waals surface area contributed by atoms with Gasteiger partial charge in [-0.3, -0.25) is 9.89 Å². The molecule has 34 heavy (non-hydrogen) atoms. The summed E-state index contributed by atoms with van der Waals surface area (Å²) in [4.78, 5) is 17.8. The molecule has 2 aromatic carbocycles. The fourth-order valence-electron chi connectivity index (χ4n) is 4.11. The van der Waals surface area contributed by atoms with Crippen molar-refractivity contribution in [3.8, 4) is 11.1 Å². The Morgan fingerprint density at radius 2 is 1.68 bits per heavy atom. The van der Waals surface area contributed by atoms with Crippen LogP contribution in [-0.4, -0.2) is 27.6 Å². The number of anilines is 1. The topological polar surface area (TPSA) is 82.7 Å². The van der Waals surface area contributed by atoms with E-state index in [1.807, 2.05) is 56.3 Å². The molecule has 4 aromatic rings. The molecule has 0 bridgehead atoms. The van der Waals surface area contributed by atoms with E-state index in [1.165, 1.54) is 11.1 Å². The molecule has 0 aliphatic heterocycles. The van der Waals surface area contributed by atoms with Crippen molar-refractivity contribution in [1.29, 1.82) is 0 Å². The van der Waals surface area contributed by atoms with Crippen LogP contribution in [-0.2, 0) is 4.79 Å². The lowest BCUT2D eigenvalue weighted by atomic mass is 9.98. The smallest absolute Gasteiger partial charge is 0.247 e. The largest absolute Gasteiger partial charge is 0.309 e. The number of nitrogens with one attached hydrogen (secondary N) is 3. The third-order valence-electron chi connectivity index (χ3n) is 6.10. The molecule has 0 aliphatic rings. The Kier molecular flexibility index (Phi) is 7.18. The van der Waals surface area contributed by atoms with Crippen LogP contribution in [0, 0.1) is 20.8 Å². The number of hydrogen-bond acceptors (Lipinski definition) is 4. The second-order valence-corrected chi connectivity index (χ2v) is 8.79. The van der Waals surface area contributed by atoms with Crippen LogP contribution in [0.5, 0.6) is 0 Å². The van der Waals surface area contributed by atoms with E-state index in [4.69, 9.17) is 0 Å². The summed E-state index contributed by atoms with van der Waals surface area (Å²) < 4.78 is 0. The summed E-state index contributed by atoms with van der Waals surface area (Å²) >= 11 is 0. The standard InChI is InChI=1S/C28H31N5O/c1-18-10-12-22(13-11-18)19(2)16-30-27(23-8-6-5-7-9-23)28(34)31-25-15-14-24(17-29-25)26-20(3)32-33-21(26)4/h5-15,17,19,27,30H,16H2,1-4H3,(H,32,33)(H,29,31,34)/t19-,27+/m1/s1. The van der Waals surface area contributed by atoms with Gasteiger partial charge < -0.3 is 10.6 Å². The summed E-state index contributed by atoms with van der Waals surface area (Å²) in [5, 5.41) is 13.7. The van der Waals surface area contributed by atoms with Crippen molar-refractivity contribution in [2.45, 2.75) is 39.7 Å². The van der Waals surface area contributed by atoms with Gasteiger partial charge in [-0.2, -0.15) is 5.10 Å². The molecule has 6 heteroatoms. The molecule has 1 amide bonds. The van der Waals surface area contributed by atoms with Crippen LogP contribution >= 0.6 is 0 Å². The van der Waals surface area contributed by atoms with Gasteiger partial charge in [0, 0.05) is 29.6 Å². The van der Waals surface area contributed by atoms with E-state index >= 15 is 0 Å². The Labute approximate surface area is 200 Å². The van der Waals surface area contributed by atoms with Crippen LogP contribution in [0.2, 0.25) is 0 Å². The minimum atomic E-state index is -0.492. The van der Waals surface area contributed by atoms with Crippen molar-refractivity contribution in [2.75, 3.05) is 11.9 Å². The van der Waals surface area contributed by atoms with Gasteiger partial charge in [0.15, 0.2) is 0 Å². The predicted molar refractivity (Wildman–Crippen MR) is 137 cm³/mol. The third kappa shape index (κ3) is 5.41. The number of aryl methyl sites for hydroxylation is 3. The highest BCUT2D eigenvalue weighted by Gasteiger charge is 2.22. The van der Waals surface area contributed by atoms with E-state index in [0.29, 0.717) is 12.4 Å². The summed E-state index contributed by atoms with van der Waals surface area (Å²) in [5.41, 5.74) is 7.32. The number of hydrogen-bond donors (Lipinski definition) is 3. The maximum Gasteiger partial charge on any atom is 0.247 e. The lowest BCUT2D eigenvalue weighted by molar-refractivity contribution is -0.118. The minimum absolute atomic E-state index is 0.141. The number of aromatic amines is 1. The van der Waals surface area contributed by atoms with Crippen LogP contribution in [0.4, 0.5) is 5.82 Å². The van der Waals surface area contributed by atoms with Gasteiger partial charge in [0.1, 0.15) is 11.9 Å². The second kappa shape index (κ2) is 10.4. The van der Waals surface area contributed by atoms with Crippen molar-refractivity contribution in [3.63, 3.8) is 0 Å². The van der Waals surface area contributed by atoms with Gasteiger partial charge in [-0.25, -0.2) is 4.98 Å². The first kappa shape index (κ1) is 23.4.